The Morgan fingerprint density at radius 3 is 2.84 bits per heavy atom. The third-order valence-electron chi connectivity index (χ3n) is 6.19. The van der Waals surface area contributed by atoms with Gasteiger partial charge in [0.15, 0.2) is 5.65 Å². The summed E-state index contributed by atoms with van der Waals surface area (Å²) in [6, 6.07) is 7.17. The van der Waals surface area contributed by atoms with Gasteiger partial charge >= 0.3 is 0 Å². The highest BCUT2D eigenvalue weighted by molar-refractivity contribution is 6.32. The van der Waals surface area contributed by atoms with E-state index in [1.165, 1.54) is 0 Å². The molecule has 3 aromatic rings. The van der Waals surface area contributed by atoms with Crippen molar-refractivity contribution >= 4 is 22.6 Å². The van der Waals surface area contributed by atoms with E-state index in [1.54, 1.807) is 24.4 Å². The predicted molar refractivity (Wildman–Crippen MR) is 118 cm³/mol. The average molecular weight is 455 g/mol. The van der Waals surface area contributed by atoms with Gasteiger partial charge in [-0.05, 0) is 38.0 Å². The second kappa shape index (κ2) is 8.54. The standard InChI is InChI=1S/C22H23ClN6O3/c1-13(28-11-16(12-28)32-19-3-2-14(9-24)8-18(19)23)20-26-21-17(22(30)27-20)10-25-29(21)15-4-6-31-7-5-15/h2-3,8,10,13,15-16H,4-7,11-12H2,1H3,(H,26,27,30). The minimum Gasteiger partial charge on any atom is -0.486 e. The lowest BCUT2D eigenvalue weighted by atomic mass is 10.1. The Kier molecular flexibility index (Phi) is 5.59. The summed E-state index contributed by atoms with van der Waals surface area (Å²) < 4.78 is 13.3. The van der Waals surface area contributed by atoms with Crippen molar-refractivity contribution in [1.29, 1.82) is 5.26 Å². The van der Waals surface area contributed by atoms with E-state index in [-0.39, 0.29) is 23.7 Å². The van der Waals surface area contributed by atoms with E-state index in [0.29, 0.717) is 59.5 Å². The quantitative estimate of drug-likeness (QED) is 0.631. The predicted octanol–water partition coefficient (Wildman–Crippen LogP) is 2.82. The average Bonchev–Trinajstić information content (AvgIpc) is 3.21. The third-order valence-corrected chi connectivity index (χ3v) is 6.49. The van der Waals surface area contributed by atoms with Crippen LogP contribution in [0, 0.1) is 11.3 Å². The van der Waals surface area contributed by atoms with Crippen molar-refractivity contribution in [3.05, 3.63) is 51.2 Å². The normalized spacial score (nSPS) is 18.9. The Bertz CT molecular complexity index is 1240. The Balaban J connectivity index is 1.30. The Labute approximate surface area is 189 Å². The first-order valence-corrected chi connectivity index (χ1v) is 11.1. The summed E-state index contributed by atoms with van der Waals surface area (Å²) in [6.45, 7) is 4.76. The maximum Gasteiger partial charge on any atom is 0.262 e. The van der Waals surface area contributed by atoms with Gasteiger partial charge in [0.2, 0.25) is 0 Å². The summed E-state index contributed by atoms with van der Waals surface area (Å²) in [5, 5.41) is 14.3. The van der Waals surface area contributed by atoms with Crippen molar-refractivity contribution in [1.82, 2.24) is 24.6 Å². The number of hydrogen-bond acceptors (Lipinski definition) is 7. The van der Waals surface area contributed by atoms with Gasteiger partial charge in [-0.25, -0.2) is 9.67 Å². The molecule has 2 saturated heterocycles. The lowest BCUT2D eigenvalue weighted by molar-refractivity contribution is -0.00731. The number of H-pyrrole nitrogens is 1. The monoisotopic (exact) mass is 454 g/mol. The number of aromatic amines is 1. The van der Waals surface area contributed by atoms with Crippen LogP contribution in [-0.2, 0) is 4.74 Å². The molecule has 1 atom stereocenters. The molecule has 1 N–H and O–H groups in total. The van der Waals surface area contributed by atoms with E-state index < -0.39 is 0 Å². The molecule has 32 heavy (non-hydrogen) atoms. The zero-order valence-electron chi connectivity index (χ0n) is 17.6. The van der Waals surface area contributed by atoms with Gasteiger partial charge in [-0.2, -0.15) is 10.4 Å². The van der Waals surface area contributed by atoms with Crippen molar-refractivity contribution in [2.24, 2.45) is 0 Å². The molecule has 5 rings (SSSR count). The SMILES string of the molecule is CC(c1nc2c(cnn2C2CCOCC2)c(=O)[nH]1)N1CC(Oc2ccc(C#N)cc2Cl)C1. The first-order valence-electron chi connectivity index (χ1n) is 10.7. The molecule has 9 nitrogen and oxygen atoms in total. The third kappa shape index (κ3) is 3.86. The highest BCUT2D eigenvalue weighted by Crippen LogP contribution is 2.31. The number of likely N-dealkylation sites (tertiary alicyclic amines) is 1. The zero-order chi connectivity index (χ0) is 22.2. The Morgan fingerprint density at radius 2 is 2.12 bits per heavy atom. The van der Waals surface area contributed by atoms with Crippen LogP contribution in [0.15, 0.2) is 29.2 Å². The zero-order valence-corrected chi connectivity index (χ0v) is 18.4. The van der Waals surface area contributed by atoms with Crippen molar-refractivity contribution in [3.8, 4) is 11.8 Å². The second-order valence-corrected chi connectivity index (χ2v) is 8.66. The van der Waals surface area contributed by atoms with Gasteiger partial charge in [0.25, 0.3) is 5.56 Å². The number of nitrogens with one attached hydrogen (secondary N) is 1. The van der Waals surface area contributed by atoms with Crippen molar-refractivity contribution in [2.75, 3.05) is 26.3 Å². The topological polar surface area (TPSA) is 109 Å². The van der Waals surface area contributed by atoms with Crippen LogP contribution in [-0.4, -0.2) is 57.1 Å². The van der Waals surface area contributed by atoms with Crippen LogP contribution in [0.2, 0.25) is 5.02 Å². The van der Waals surface area contributed by atoms with Crippen LogP contribution in [0.3, 0.4) is 0 Å². The van der Waals surface area contributed by atoms with Crippen LogP contribution in [0.1, 0.15) is 43.2 Å². The minimum absolute atomic E-state index is 0.0221. The highest BCUT2D eigenvalue weighted by Gasteiger charge is 2.34. The number of nitriles is 1. The molecule has 2 aliphatic rings. The molecule has 166 valence electrons. The van der Waals surface area contributed by atoms with Gasteiger partial charge in [-0.3, -0.25) is 9.69 Å². The fraction of sp³-hybridized carbons (Fsp3) is 0.455. The van der Waals surface area contributed by atoms with Gasteiger partial charge in [-0.1, -0.05) is 11.6 Å². The number of hydrogen-bond donors (Lipinski definition) is 1. The molecule has 0 saturated carbocycles. The van der Waals surface area contributed by atoms with E-state index in [0.717, 1.165) is 12.8 Å². The minimum atomic E-state index is -0.173. The van der Waals surface area contributed by atoms with Gasteiger partial charge in [0, 0.05) is 26.3 Å². The first kappa shape index (κ1) is 20.9. The smallest absolute Gasteiger partial charge is 0.262 e. The van der Waals surface area contributed by atoms with E-state index in [9.17, 15) is 4.79 Å². The molecular formula is C22H23ClN6O3. The summed E-state index contributed by atoms with van der Waals surface area (Å²) in [4.78, 5) is 22.6. The fourth-order valence-electron chi connectivity index (χ4n) is 4.23. The molecule has 2 aromatic heterocycles. The molecule has 10 heteroatoms. The summed E-state index contributed by atoms with van der Waals surface area (Å²) in [5.74, 6) is 1.18. The van der Waals surface area contributed by atoms with Gasteiger partial charge in [-0.15, -0.1) is 0 Å². The molecule has 0 amide bonds. The molecule has 1 unspecified atom stereocenters. The summed E-state index contributed by atoms with van der Waals surface area (Å²) in [6.07, 6.45) is 3.30. The molecule has 4 heterocycles. The largest absolute Gasteiger partial charge is 0.486 e. The lowest BCUT2D eigenvalue weighted by Gasteiger charge is -2.42. The van der Waals surface area contributed by atoms with Crippen LogP contribution in [0.25, 0.3) is 11.0 Å². The molecule has 1 aromatic carbocycles. The first-order chi connectivity index (χ1) is 15.5. The number of benzene rings is 1. The van der Waals surface area contributed by atoms with Crippen LogP contribution in [0.4, 0.5) is 0 Å². The maximum atomic E-state index is 12.7. The number of fused-ring (bicyclic) bond motifs is 1. The molecule has 0 spiro atoms. The van der Waals surface area contributed by atoms with E-state index in [1.807, 2.05) is 11.6 Å². The molecule has 0 radical (unpaired) electrons. The molecule has 2 fully saturated rings. The number of rotatable bonds is 5. The second-order valence-electron chi connectivity index (χ2n) is 8.25. The van der Waals surface area contributed by atoms with Crippen LogP contribution >= 0.6 is 11.6 Å². The highest BCUT2D eigenvalue weighted by atomic mass is 35.5. The number of halogens is 1. The van der Waals surface area contributed by atoms with Crippen LogP contribution in [0.5, 0.6) is 5.75 Å². The molecule has 0 aliphatic carbocycles. The molecule has 0 bridgehead atoms. The number of aromatic nitrogens is 4. The Morgan fingerprint density at radius 1 is 1.34 bits per heavy atom. The number of ether oxygens (including phenoxy) is 2. The van der Waals surface area contributed by atoms with Crippen LogP contribution < -0.4 is 10.3 Å². The summed E-state index contributed by atoms with van der Waals surface area (Å²) >= 11 is 6.21. The van der Waals surface area contributed by atoms with E-state index >= 15 is 0 Å². The van der Waals surface area contributed by atoms with Gasteiger partial charge in [0.1, 0.15) is 23.1 Å². The number of nitrogens with zero attached hydrogens (tertiary/aromatic N) is 5. The summed E-state index contributed by atoms with van der Waals surface area (Å²) in [7, 11) is 0. The fourth-order valence-corrected chi connectivity index (χ4v) is 4.45. The maximum absolute atomic E-state index is 12.7. The van der Waals surface area contributed by atoms with E-state index in [4.69, 9.17) is 31.3 Å². The summed E-state index contributed by atoms with van der Waals surface area (Å²) in [5.41, 5.74) is 0.949. The lowest BCUT2D eigenvalue weighted by Crippen LogP contribution is -2.54. The molecular weight excluding hydrogens is 432 g/mol. The Hall–Kier alpha value is -2.93. The van der Waals surface area contributed by atoms with Gasteiger partial charge in [0.05, 0.1) is 34.9 Å². The molecule has 2 aliphatic heterocycles. The van der Waals surface area contributed by atoms with Gasteiger partial charge < -0.3 is 14.5 Å². The van der Waals surface area contributed by atoms with Crippen molar-refractivity contribution in [2.45, 2.75) is 38.0 Å². The van der Waals surface area contributed by atoms with E-state index in [2.05, 4.69) is 21.1 Å². The van der Waals surface area contributed by atoms with Crippen molar-refractivity contribution < 1.29 is 9.47 Å². The van der Waals surface area contributed by atoms with Crippen molar-refractivity contribution in [3.63, 3.8) is 0 Å².